The lowest BCUT2D eigenvalue weighted by molar-refractivity contribution is 1.60. The topological polar surface area (TPSA) is 0 Å². The molecule has 76 heavy (non-hydrogen) atoms. The Morgan fingerprint density at radius 3 is 1.13 bits per heavy atom. The Morgan fingerprint density at radius 2 is 0.526 bits per heavy atom. The van der Waals surface area contributed by atoms with E-state index in [2.05, 4.69) is 267 Å². The Kier molecular flexibility index (Phi) is 8.65. The fourth-order valence-corrected chi connectivity index (χ4v) is 14.1. The molecule has 0 spiro atoms. The highest BCUT2D eigenvalue weighted by atomic mass is 14.3. The Morgan fingerprint density at radius 1 is 0.145 bits per heavy atom. The molecule has 0 N–H and O–H groups in total. The van der Waals surface area contributed by atoms with Crippen LogP contribution in [0.1, 0.15) is 0 Å². The molecule has 0 unspecified atom stereocenters. The smallest absolute Gasteiger partial charge is 0.000673 e. The molecule has 0 saturated carbocycles. The van der Waals surface area contributed by atoms with Crippen molar-refractivity contribution in [2.24, 2.45) is 0 Å². The summed E-state index contributed by atoms with van der Waals surface area (Å²) in [6.07, 6.45) is 0. The monoisotopic (exact) mass is 956 g/mol. The van der Waals surface area contributed by atoms with Crippen LogP contribution in [-0.4, -0.2) is 0 Å². The fraction of sp³-hybridized carbons (Fsp3) is 0. The molecule has 0 nitrogen and oxygen atoms in total. The summed E-state index contributed by atoms with van der Waals surface area (Å²) in [5, 5.41) is 26.1. The van der Waals surface area contributed by atoms with Crippen molar-refractivity contribution in [1.29, 1.82) is 0 Å². The van der Waals surface area contributed by atoms with E-state index in [1.54, 1.807) is 0 Å². The van der Waals surface area contributed by atoms with Gasteiger partial charge in [-0.2, -0.15) is 0 Å². The third kappa shape index (κ3) is 5.62. The molecule has 0 aliphatic rings. The second kappa shape index (κ2) is 15.8. The zero-order chi connectivity index (χ0) is 49.6. The van der Waals surface area contributed by atoms with Crippen LogP contribution in [0.15, 0.2) is 267 Å². The molecule has 0 radical (unpaired) electrons. The normalized spacial score (nSPS) is 12.2. The van der Waals surface area contributed by atoms with Crippen LogP contribution in [0.4, 0.5) is 0 Å². The minimum Gasteiger partial charge on any atom is -0.0622 e. The maximum Gasteiger partial charge on any atom is -0.000673 e. The van der Waals surface area contributed by atoms with E-state index in [9.17, 15) is 0 Å². The summed E-state index contributed by atoms with van der Waals surface area (Å²) in [5.41, 5.74) is 14.8. The summed E-state index contributed by atoms with van der Waals surface area (Å²) in [6, 6.07) is 100. The Hall–Kier alpha value is -9.88. The number of hydrogen-bond donors (Lipinski definition) is 0. The van der Waals surface area contributed by atoms with Gasteiger partial charge in [0.15, 0.2) is 0 Å². The molecule has 0 saturated heterocycles. The Bertz CT molecular complexity index is 5120. The minimum absolute atomic E-state index is 1.21. The minimum atomic E-state index is 1.21. The first-order valence-electron chi connectivity index (χ1n) is 26.6. The summed E-state index contributed by atoms with van der Waals surface area (Å²) >= 11 is 0. The lowest BCUT2D eigenvalue weighted by Crippen LogP contribution is -1.94. The van der Waals surface area contributed by atoms with Crippen molar-refractivity contribution in [2.75, 3.05) is 0 Å². The van der Waals surface area contributed by atoms with E-state index in [1.807, 2.05) is 0 Å². The van der Waals surface area contributed by atoms with Gasteiger partial charge in [0.05, 0.1) is 0 Å². The molecule has 0 aliphatic heterocycles. The van der Waals surface area contributed by atoms with Gasteiger partial charge >= 0.3 is 0 Å². The molecular weight excluding hydrogens is 913 g/mol. The van der Waals surface area contributed by atoms with Gasteiger partial charge in [-0.1, -0.05) is 261 Å². The van der Waals surface area contributed by atoms with Crippen molar-refractivity contribution in [3.8, 4) is 66.8 Å². The summed E-state index contributed by atoms with van der Waals surface area (Å²) in [5.74, 6) is 0. The molecule has 348 valence electrons. The van der Waals surface area contributed by atoms with Crippen LogP contribution < -0.4 is 0 Å². The van der Waals surface area contributed by atoms with Crippen LogP contribution >= 0.6 is 0 Å². The summed E-state index contributed by atoms with van der Waals surface area (Å²) in [4.78, 5) is 0. The van der Waals surface area contributed by atoms with Gasteiger partial charge in [-0.3, -0.25) is 0 Å². The van der Waals surface area contributed by atoms with Gasteiger partial charge in [0.2, 0.25) is 0 Å². The van der Waals surface area contributed by atoms with Crippen LogP contribution in [-0.2, 0) is 0 Å². The first-order chi connectivity index (χ1) is 37.8. The van der Waals surface area contributed by atoms with Crippen molar-refractivity contribution >= 4 is 108 Å². The number of fused-ring (bicyclic) bond motifs is 10. The SMILES string of the molecule is c1ccc(-c2ccccc2-c2ccc3c4c2cccc4c2c4c(cc5c(-c6ccccc6-c6ccccc6)c6c7ccc(-c8ccccc8)c8c(-c9ccccc9)ccc(c87)c6c3c52)c2cccc3cccc4c32)cc1. The predicted octanol–water partition coefficient (Wildman–Crippen LogP) is 21.5. The highest BCUT2D eigenvalue weighted by Gasteiger charge is 2.30. The third-order valence-electron chi connectivity index (χ3n) is 17.1. The van der Waals surface area contributed by atoms with E-state index < -0.39 is 0 Å². The van der Waals surface area contributed by atoms with E-state index in [1.165, 1.54) is 174 Å². The van der Waals surface area contributed by atoms with Gasteiger partial charge < -0.3 is 0 Å². The van der Waals surface area contributed by atoms with E-state index in [4.69, 9.17) is 0 Å². The maximum atomic E-state index is 2.60. The van der Waals surface area contributed by atoms with Crippen molar-refractivity contribution in [2.45, 2.75) is 0 Å². The van der Waals surface area contributed by atoms with Crippen molar-refractivity contribution < 1.29 is 0 Å². The third-order valence-corrected chi connectivity index (χ3v) is 17.1. The molecule has 0 fully saturated rings. The van der Waals surface area contributed by atoms with Crippen molar-refractivity contribution in [1.82, 2.24) is 0 Å². The van der Waals surface area contributed by atoms with Gasteiger partial charge in [0, 0.05) is 0 Å². The molecule has 0 heterocycles. The average molecular weight is 957 g/mol. The van der Waals surface area contributed by atoms with Gasteiger partial charge in [0.1, 0.15) is 0 Å². The average Bonchev–Trinajstić information content (AvgIpc) is 4.02. The molecule has 17 aromatic carbocycles. The molecule has 0 aliphatic carbocycles. The van der Waals surface area contributed by atoms with Gasteiger partial charge in [-0.15, -0.1) is 0 Å². The number of benzene rings is 15. The van der Waals surface area contributed by atoms with Crippen LogP contribution in [0.25, 0.3) is 174 Å². The first-order valence-corrected chi connectivity index (χ1v) is 26.6. The summed E-state index contributed by atoms with van der Waals surface area (Å²) in [6.45, 7) is 0. The molecule has 0 bridgehead atoms. The number of hydrogen-bond acceptors (Lipinski definition) is 0. The van der Waals surface area contributed by atoms with Gasteiger partial charge in [-0.05, 0) is 181 Å². The van der Waals surface area contributed by atoms with Crippen LogP contribution in [0.3, 0.4) is 0 Å². The van der Waals surface area contributed by atoms with E-state index in [-0.39, 0.29) is 0 Å². The van der Waals surface area contributed by atoms with Crippen LogP contribution in [0.5, 0.6) is 0 Å². The van der Waals surface area contributed by atoms with E-state index in [0.29, 0.717) is 0 Å². The molecule has 0 heteroatoms. The molecular formula is C76H44. The largest absolute Gasteiger partial charge is 0.0622 e. The quantitative estimate of drug-likeness (QED) is 0.115. The predicted molar refractivity (Wildman–Crippen MR) is 328 cm³/mol. The van der Waals surface area contributed by atoms with Gasteiger partial charge in [0.25, 0.3) is 0 Å². The lowest BCUT2D eigenvalue weighted by atomic mass is 9.80. The molecule has 0 amide bonds. The van der Waals surface area contributed by atoms with E-state index in [0.717, 1.165) is 0 Å². The zero-order valence-electron chi connectivity index (χ0n) is 41.4. The second-order valence-corrected chi connectivity index (χ2v) is 20.8. The maximum absolute atomic E-state index is 2.60. The zero-order valence-corrected chi connectivity index (χ0v) is 41.4. The molecule has 0 aromatic heterocycles. The standard InChI is InChI=1S/C76H44/c1-5-20-45(21-6-1)50-30-13-15-32-54(50)55-40-43-61-67-57(55)35-19-37-60(67)72-71-59-36-18-29-49-28-17-34-58(66(49)59)64(71)44-65-69(56-33-16-14-31-51(56)46-22-7-2-8-23-46)73-62-41-38-52(47-24-9-3-10-25-47)68-53(48-26-11-4-12-27-48)39-42-63(70(62)68)75(73)74(61)76(65)72/h1-44H. The first kappa shape index (κ1) is 41.6. The van der Waals surface area contributed by atoms with Gasteiger partial charge in [-0.25, -0.2) is 0 Å². The highest BCUT2D eigenvalue weighted by Crippen LogP contribution is 2.59. The number of rotatable bonds is 6. The summed E-state index contributed by atoms with van der Waals surface area (Å²) < 4.78 is 0. The summed E-state index contributed by atoms with van der Waals surface area (Å²) in [7, 11) is 0. The fourth-order valence-electron chi connectivity index (χ4n) is 14.1. The lowest BCUT2D eigenvalue weighted by Gasteiger charge is -2.22. The Labute approximate surface area is 439 Å². The van der Waals surface area contributed by atoms with Crippen LogP contribution in [0.2, 0.25) is 0 Å². The second-order valence-electron chi connectivity index (χ2n) is 20.8. The Balaban J connectivity index is 1.17. The van der Waals surface area contributed by atoms with Crippen molar-refractivity contribution in [3.05, 3.63) is 267 Å². The van der Waals surface area contributed by atoms with Crippen molar-refractivity contribution in [3.63, 3.8) is 0 Å². The highest BCUT2D eigenvalue weighted by molar-refractivity contribution is 6.53. The molecule has 17 rings (SSSR count). The van der Waals surface area contributed by atoms with E-state index >= 15 is 0 Å². The molecule has 17 aromatic rings. The molecule has 0 atom stereocenters. The van der Waals surface area contributed by atoms with Crippen LogP contribution in [0, 0.1) is 0 Å².